The number of nitrogens with zero attached hydrogens (tertiary/aromatic N) is 2. The number of carbonyl (C=O) groups excluding carboxylic acids is 1. The van der Waals surface area contributed by atoms with E-state index in [0.717, 1.165) is 31.4 Å². The van der Waals surface area contributed by atoms with Crippen molar-refractivity contribution in [3.63, 3.8) is 0 Å². The Bertz CT molecular complexity index is 927. The number of pyridine rings is 1. The molecular formula is C21H21Cl2N3OS. The molecule has 0 saturated carbocycles. The number of fused-ring (bicyclic) bond motifs is 1. The molecule has 0 fully saturated rings. The number of hydrogen-bond donors (Lipinski definition) is 1. The van der Waals surface area contributed by atoms with Crippen LogP contribution in [0.4, 0.5) is 5.69 Å². The summed E-state index contributed by atoms with van der Waals surface area (Å²) in [6.45, 7) is 1.94. The summed E-state index contributed by atoms with van der Waals surface area (Å²) in [5.41, 5.74) is 3.25. The van der Waals surface area contributed by atoms with E-state index in [1.807, 2.05) is 13.0 Å². The van der Waals surface area contributed by atoms with Crippen LogP contribution in [0, 0.1) is 11.3 Å². The van der Waals surface area contributed by atoms with E-state index in [-0.39, 0.29) is 5.91 Å². The van der Waals surface area contributed by atoms with Crippen LogP contribution in [0.25, 0.3) is 0 Å². The number of hydrogen-bond acceptors (Lipinski definition) is 4. The smallest absolute Gasteiger partial charge is 0.237 e. The van der Waals surface area contributed by atoms with Gasteiger partial charge in [0.2, 0.25) is 5.91 Å². The van der Waals surface area contributed by atoms with E-state index in [2.05, 4.69) is 11.4 Å². The Morgan fingerprint density at radius 2 is 2.07 bits per heavy atom. The molecule has 1 unspecified atom stereocenters. The monoisotopic (exact) mass is 433 g/mol. The molecule has 4 nitrogen and oxygen atoms in total. The van der Waals surface area contributed by atoms with Gasteiger partial charge in [0.1, 0.15) is 11.1 Å². The van der Waals surface area contributed by atoms with Crippen molar-refractivity contribution >= 4 is 46.6 Å². The first-order valence-corrected chi connectivity index (χ1v) is 11.0. The maximum Gasteiger partial charge on any atom is 0.237 e. The van der Waals surface area contributed by atoms with Gasteiger partial charge < -0.3 is 5.32 Å². The maximum absolute atomic E-state index is 12.8. The molecule has 2 aromatic rings. The van der Waals surface area contributed by atoms with Crippen LogP contribution in [0.3, 0.4) is 0 Å². The number of thioether (sulfide) groups is 1. The number of aryl methyl sites for hydroxylation is 2. The lowest BCUT2D eigenvalue weighted by Gasteiger charge is -2.17. The van der Waals surface area contributed by atoms with E-state index in [1.54, 1.807) is 18.2 Å². The van der Waals surface area contributed by atoms with E-state index < -0.39 is 5.25 Å². The third-order valence-corrected chi connectivity index (χ3v) is 6.67. The summed E-state index contributed by atoms with van der Waals surface area (Å²) in [6, 6.07) is 9.14. The fourth-order valence-electron chi connectivity index (χ4n) is 3.22. The van der Waals surface area contributed by atoms with Crippen molar-refractivity contribution in [2.75, 3.05) is 5.32 Å². The lowest BCUT2D eigenvalue weighted by Crippen LogP contribution is -2.25. The van der Waals surface area contributed by atoms with Crippen LogP contribution in [-0.4, -0.2) is 16.1 Å². The third-order valence-electron chi connectivity index (χ3n) is 4.74. The average Bonchev–Trinajstić information content (AvgIpc) is 2.92. The number of carbonyl (C=O) groups is 1. The highest BCUT2D eigenvalue weighted by Gasteiger charge is 2.23. The van der Waals surface area contributed by atoms with Crippen molar-refractivity contribution in [2.45, 2.75) is 55.7 Å². The van der Waals surface area contributed by atoms with Crippen LogP contribution in [0.2, 0.25) is 10.0 Å². The number of halogens is 2. The molecule has 3 rings (SSSR count). The van der Waals surface area contributed by atoms with Crippen LogP contribution < -0.4 is 5.32 Å². The summed E-state index contributed by atoms with van der Waals surface area (Å²) in [4.78, 5) is 17.6. The minimum absolute atomic E-state index is 0.183. The lowest BCUT2D eigenvalue weighted by molar-refractivity contribution is -0.115. The van der Waals surface area contributed by atoms with E-state index in [9.17, 15) is 10.1 Å². The molecule has 1 aromatic carbocycles. The molecule has 146 valence electrons. The Morgan fingerprint density at radius 3 is 2.82 bits per heavy atom. The number of amides is 1. The van der Waals surface area contributed by atoms with Gasteiger partial charge in [0.15, 0.2) is 0 Å². The second-order valence-corrected chi connectivity index (χ2v) is 8.78. The Hall–Kier alpha value is -1.74. The number of anilines is 1. The van der Waals surface area contributed by atoms with Crippen molar-refractivity contribution in [3.05, 3.63) is 51.1 Å². The quantitative estimate of drug-likeness (QED) is 0.460. The zero-order valence-electron chi connectivity index (χ0n) is 15.6. The first kappa shape index (κ1) is 21.0. The van der Waals surface area contributed by atoms with Crippen LogP contribution in [0.1, 0.15) is 49.4 Å². The van der Waals surface area contributed by atoms with Gasteiger partial charge in [-0.15, -0.1) is 0 Å². The number of benzene rings is 1. The van der Waals surface area contributed by atoms with Crippen LogP contribution >= 0.6 is 35.0 Å². The van der Waals surface area contributed by atoms with Gasteiger partial charge in [-0.25, -0.2) is 4.98 Å². The fraction of sp³-hybridized carbons (Fsp3) is 0.381. The fourth-order valence-corrected chi connectivity index (χ4v) is 4.56. The Balaban J connectivity index is 1.82. The molecule has 1 N–H and O–H groups in total. The largest absolute Gasteiger partial charge is 0.324 e. The summed E-state index contributed by atoms with van der Waals surface area (Å²) < 4.78 is 0. The van der Waals surface area contributed by atoms with Gasteiger partial charge >= 0.3 is 0 Å². The van der Waals surface area contributed by atoms with Gasteiger partial charge in [0, 0.05) is 10.7 Å². The molecule has 1 aliphatic rings. The molecule has 1 heterocycles. The topological polar surface area (TPSA) is 65.8 Å². The maximum atomic E-state index is 12.8. The highest BCUT2D eigenvalue weighted by atomic mass is 35.5. The molecule has 0 spiro atoms. The van der Waals surface area contributed by atoms with Crippen LogP contribution in [0.15, 0.2) is 29.3 Å². The zero-order chi connectivity index (χ0) is 20.1. The van der Waals surface area contributed by atoms with Crippen LogP contribution in [-0.2, 0) is 17.6 Å². The standard InChI is InChI=1S/C21H21Cl2N3OS/c1-2-19(20(27)25-18-11-15(22)8-9-16(18)23)28-21-14(12-24)10-13-6-4-3-5-7-17(13)26-21/h8-11,19H,2-7H2,1H3,(H,25,27). The second kappa shape index (κ2) is 9.65. The van der Waals surface area contributed by atoms with Gasteiger partial charge in [-0.2, -0.15) is 5.26 Å². The van der Waals surface area contributed by atoms with Gasteiger partial charge in [-0.3, -0.25) is 4.79 Å². The van der Waals surface area contributed by atoms with Crippen LogP contribution in [0.5, 0.6) is 0 Å². The first-order valence-electron chi connectivity index (χ1n) is 9.37. The molecular weight excluding hydrogens is 413 g/mol. The van der Waals surface area contributed by atoms with E-state index >= 15 is 0 Å². The molecule has 1 aliphatic carbocycles. The van der Waals surface area contributed by atoms with Gasteiger partial charge in [0.05, 0.1) is 21.5 Å². The number of rotatable bonds is 5. The average molecular weight is 434 g/mol. The Labute approximate surface area is 179 Å². The second-order valence-electron chi connectivity index (χ2n) is 6.75. The molecule has 0 saturated heterocycles. The van der Waals surface area contributed by atoms with Gasteiger partial charge in [-0.05, 0) is 61.9 Å². The van der Waals surface area contributed by atoms with E-state index in [0.29, 0.717) is 32.7 Å². The molecule has 1 aromatic heterocycles. The molecule has 0 aliphatic heterocycles. The van der Waals surface area contributed by atoms with Crippen molar-refractivity contribution < 1.29 is 4.79 Å². The highest BCUT2D eigenvalue weighted by Crippen LogP contribution is 2.32. The van der Waals surface area contributed by atoms with Gasteiger partial charge in [-0.1, -0.05) is 48.3 Å². The summed E-state index contributed by atoms with van der Waals surface area (Å²) >= 11 is 13.5. The molecule has 1 atom stereocenters. The highest BCUT2D eigenvalue weighted by molar-refractivity contribution is 8.00. The summed E-state index contributed by atoms with van der Waals surface area (Å²) in [5.74, 6) is -0.183. The molecule has 0 radical (unpaired) electrons. The minimum atomic E-state index is -0.390. The summed E-state index contributed by atoms with van der Waals surface area (Å²) in [7, 11) is 0. The molecule has 7 heteroatoms. The zero-order valence-corrected chi connectivity index (χ0v) is 17.9. The Kier molecular flexibility index (Phi) is 7.23. The predicted octanol–water partition coefficient (Wildman–Crippen LogP) is 6.04. The van der Waals surface area contributed by atoms with E-state index in [1.165, 1.54) is 23.7 Å². The predicted molar refractivity (Wildman–Crippen MR) is 115 cm³/mol. The van der Waals surface area contributed by atoms with Crippen molar-refractivity contribution in [2.24, 2.45) is 0 Å². The first-order chi connectivity index (χ1) is 13.5. The number of nitriles is 1. The number of aromatic nitrogens is 1. The van der Waals surface area contributed by atoms with Gasteiger partial charge in [0.25, 0.3) is 0 Å². The van der Waals surface area contributed by atoms with Crippen molar-refractivity contribution in [1.29, 1.82) is 5.26 Å². The normalized spacial score (nSPS) is 14.5. The third kappa shape index (κ3) is 5.00. The minimum Gasteiger partial charge on any atom is -0.324 e. The van der Waals surface area contributed by atoms with Crippen molar-refractivity contribution in [1.82, 2.24) is 4.98 Å². The van der Waals surface area contributed by atoms with E-state index in [4.69, 9.17) is 28.2 Å². The lowest BCUT2D eigenvalue weighted by atomic mass is 10.1. The number of nitrogens with one attached hydrogen (secondary N) is 1. The molecule has 1 amide bonds. The summed E-state index contributed by atoms with van der Waals surface area (Å²) in [5, 5.41) is 13.6. The summed E-state index contributed by atoms with van der Waals surface area (Å²) in [6.07, 6.45) is 5.91. The molecule has 0 bridgehead atoms. The SMILES string of the molecule is CCC(Sc1nc2c(cc1C#N)CCCCC2)C(=O)Nc1cc(Cl)ccc1Cl. The molecule has 28 heavy (non-hydrogen) atoms. The Morgan fingerprint density at radius 1 is 1.29 bits per heavy atom. The van der Waals surface area contributed by atoms with Crippen molar-refractivity contribution in [3.8, 4) is 6.07 Å².